The van der Waals surface area contributed by atoms with Crippen LogP contribution in [0.1, 0.15) is 24.2 Å². The number of piperazine rings is 1. The Hall–Kier alpha value is -2.78. The second-order valence-corrected chi connectivity index (χ2v) is 8.55. The molecule has 4 rings (SSSR count). The second kappa shape index (κ2) is 10.7. The van der Waals surface area contributed by atoms with Gasteiger partial charge < -0.3 is 19.9 Å². The number of rotatable bonds is 4. The van der Waals surface area contributed by atoms with Crippen molar-refractivity contribution in [2.24, 2.45) is 4.99 Å². The number of aliphatic imine (C=N–C) groups is 1. The van der Waals surface area contributed by atoms with Crippen molar-refractivity contribution in [3.63, 3.8) is 0 Å². The van der Waals surface area contributed by atoms with Crippen LogP contribution in [0, 0.1) is 13.8 Å². The first-order valence-electron chi connectivity index (χ1n) is 11.2. The van der Waals surface area contributed by atoms with Crippen LogP contribution in [0.25, 0.3) is 0 Å². The molecule has 170 valence electrons. The van der Waals surface area contributed by atoms with Crippen LogP contribution in [0.2, 0.25) is 0 Å². The molecule has 3 heterocycles. The lowest BCUT2D eigenvalue weighted by Crippen LogP contribution is -2.51. The molecule has 1 aromatic carbocycles. The van der Waals surface area contributed by atoms with E-state index >= 15 is 0 Å². The number of nitrogens with one attached hydrogen (secondary N) is 2. The number of ether oxygens (including phenoxy) is 1. The monoisotopic (exact) mass is 453 g/mol. The number of hydrogen-bond acceptors (Lipinski definition) is 5. The predicted octanol–water partition coefficient (Wildman–Crippen LogP) is 2.74. The Bertz CT molecular complexity index is 918. The molecular formula is C23H31N7OS. The molecule has 1 unspecified atom stereocenters. The Morgan fingerprint density at radius 2 is 1.84 bits per heavy atom. The molecule has 0 radical (unpaired) electrons. The number of hydrogen-bond donors (Lipinski definition) is 2. The van der Waals surface area contributed by atoms with E-state index < -0.39 is 0 Å². The average molecular weight is 454 g/mol. The Morgan fingerprint density at radius 3 is 2.50 bits per heavy atom. The van der Waals surface area contributed by atoms with Crippen molar-refractivity contribution >= 4 is 34.9 Å². The molecule has 8 nitrogen and oxygen atoms in total. The summed E-state index contributed by atoms with van der Waals surface area (Å²) in [6, 6.07) is 12.4. The maximum absolute atomic E-state index is 5.68. The molecule has 32 heavy (non-hydrogen) atoms. The van der Waals surface area contributed by atoms with Gasteiger partial charge in [-0.3, -0.25) is 5.32 Å². The number of guanidine groups is 1. The first-order valence-corrected chi connectivity index (χ1v) is 11.6. The Balaban J connectivity index is 1.45. The van der Waals surface area contributed by atoms with Gasteiger partial charge in [0.1, 0.15) is 0 Å². The van der Waals surface area contributed by atoms with E-state index in [0.29, 0.717) is 23.6 Å². The van der Waals surface area contributed by atoms with Crippen LogP contribution >= 0.6 is 12.2 Å². The lowest BCUT2D eigenvalue weighted by molar-refractivity contribution is 0.114. The molecule has 2 fully saturated rings. The van der Waals surface area contributed by atoms with E-state index in [1.54, 1.807) is 0 Å². The van der Waals surface area contributed by atoms with Crippen LogP contribution < -0.4 is 15.5 Å². The molecule has 0 amide bonds. The van der Waals surface area contributed by atoms with Gasteiger partial charge in [-0.1, -0.05) is 18.2 Å². The van der Waals surface area contributed by atoms with Crippen molar-refractivity contribution in [2.45, 2.75) is 32.8 Å². The fourth-order valence-electron chi connectivity index (χ4n) is 4.02. The van der Waals surface area contributed by atoms with Crippen molar-refractivity contribution in [2.75, 3.05) is 49.5 Å². The Morgan fingerprint density at radius 1 is 1.12 bits per heavy atom. The van der Waals surface area contributed by atoms with Crippen molar-refractivity contribution in [3.05, 3.63) is 47.8 Å². The van der Waals surface area contributed by atoms with Gasteiger partial charge in [0.2, 0.25) is 11.9 Å². The first-order chi connectivity index (χ1) is 15.6. The van der Waals surface area contributed by atoms with E-state index in [-0.39, 0.29) is 6.10 Å². The topological polar surface area (TPSA) is 77.9 Å². The quantitative estimate of drug-likeness (QED) is 0.416. The molecule has 2 saturated heterocycles. The first kappa shape index (κ1) is 22.4. The van der Waals surface area contributed by atoms with Crippen LogP contribution in [0.5, 0.6) is 0 Å². The summed E-state index contributed by atoms with van der Waals surface area (Å²) in [7, 11) is 0. The van der Waals surface area contributed by atoms with Gasteiger partial charge in [-0.05, 0) is 57.1 Å². The third-order valence-corrected chi connectivity index (χ3v) is 5.85. The summed E-state index contributed by atoms with van der Waals surface area (Å²) in [4.78, 5) is 18.4. The molecule has 0 saturated carbocycles. The average Bonchev–Trinajstić information content (AvgIpc) is 3.31. The molecule has 2 aliphatic heterocycles. The van der Waals surface area contributed by atoms with E-state index in [9.17, 15) is 0 Å². The number of aryl methyl sites for hydroxylation is 2. The van der Waals surface area contributed by atoms with Crippen molar-refractivity contribution < 1.29 is 4.74 Å². The largest absolute Gasteiger partial charge is 0.376 e. The predicted molar refractivity (Wildman–Crippen MR) is 132 cm³/mol. The van der Waals surface area contributed by atoms with Crippen molar-refractivity contribution in [1.29, 1.82) is 0 Å². The molecule has 0 aliphatic carbocycles. The zero-order valence-electron chi connectivity index (χ0n) is 18.8. The van der Waals surface area contributed by atoms with Gasteiger partial charge in [0, 0.05) is 56.4 Å². The SMILES string of the molecule is Cc1cc(C)nc(N/C(=N/C(=S)NCC2CCCO2)N2CCN(c3ccccc3)CC2)n1. The van der Waals surface area contributed by atoms with Crippen molar-refractivity contribution in [3.8, 4) is 0 Å². The lowest BCUT2D eigenvalue weighted by Gasteiger charge is -2.37. The van der Waals surface area contributed by atoms with Gasteiger partial charge in [-0.25, -0.2) is 9.97 Å². The lowest BCUT2D eigenvalue weighted by atomic mass is 10.2. The summed E-state index contributed by atoms with van der Waals surface area (Å²) < 4.78 is 5.68. The van der Waals surface area contributed by atoms with Gasteiger partial charge in [0.25, 0.3) is 0 Å². The van der Waals surface area contributed by atoms with Gasteiger partial charge in [-0.2, -0.15) is 4.99 Å². The number of anilines is 2. The summed E-state index contributed by atoms with van der Waals surface area (Å²) in [5.74, 6) is 1.21. The number of thiocarbonyl (C=S) groups is 1. The van der Waals surface area contributed by atoms with Crippen LogP contribution in [-0.4, -0.2) is 71.4 Å². The normalized spacial score (nSPS) is 19.2. The van der Waals surface area contributed by atoms with Crippen LogP contribution in [0.15, 0.2) is 41.4 Å². The second-order valence-electron chi connectivity index (χ2n) is 8.17. The Labute approximate surface area is 195 Å². The number of para-hydroxylation sites is 1. The zero-order valence-corrected chi connectivity index (χ0v) is 19.6. The summed E-state index contributed by atoms with van der Waals surface area (Å²) >= 11 is 5.53. The summed E-state index contributed by atoms with van der Waals surface area (Å²) in [5.41, 5.74) is 3.06. The molecule has 2 aromatic rings. The van der Waals surface area contributed by atoms with Crippen LogP contribution in [-0.2, 0) is 4.74 Å². The third-order valence-electron chi connectivity index (χ3n) is 5.62. The molecule has 2 aliphatic rings. The van der Waals surface area contributed by atoms with E-state index in [2.05, 4.69) is 54.7 Å². The molecular weight excluding hydrogens is 422 g/mol. The minimum absolute atomic E-state index is 0.205. The van der Waals surface area contributed by atoms with Crippen molar-refractivity contribution in [1.82, 2.24) is 20.2 Å². The Kier molecular flexibility index (Phi) is 7.49. The van der Waals surface area contributed by atoms with Crippen LogP contribution in [0.4, 0.5) is 11.6 Å². The molecule has 9 heteroatoms. The van der Waals surface area contributed by atoms with E-state index in [4.69, 9.17) is 21.9 Å². The minimum Gasteiger partial charge on any atom is -0.376 e. The summed E-state index contributed by atoms with van der Waals surface area (Å²) in [6.45, 7) is 8.86. The number of aromatic nitrogens is 2. The van der Waals surface area contributed by atoms with Gasteiger partial charge >= 0.3 is 0 Å². The van der Waals surface area contributed by atoms with Crippen LogP contribution in [0.3, 0.4) is 0 Å². The third kappa shape index (κ3) is 6.14. The fourth-order valence-corrected chi connectivity index (χ4v) is 4.19. The maximum atomic E-state index is 5.68. The fraction of sp³-hybridized carbons (Fsp3) is 0.478. The highest BCUT2D eigenvalue weighted by Gasteiger charge is 2.22. The smallest absolute Gasteiger partial charge is 0.229 e. The van der Waals surface area contributed by atoms with E-state index in [1.807, 2.05) is 26.0 Å². The number of benzene rings is 1. The molecule has 1 atom stereocenters. The summed E-state index contributed by atoms with van der Waals surface area (Å²) in [6.07, 6.45) is 2.37. The molecule has 2 N–H and O–H groups in total. The highest BCUT2D eigenvalue weighted by atomic mass is 32.1. The molecule has 1 aromatic heterocycles. The highest BCUT2D eigenvalue weighted by molar-refractivity contribution is 7.80. The standard InChI is InChI=1S/C23H31N7OS/c1-17-15-18(2)26-21(25-17)27-22(28-23(32)24-16-20-9-6-14-31-20)30-12-10-29(11-13-30)19-7-4-3-5-8-19/h3-5,7-8,15,20H,6,9-14,16H2,1-2H3,(H2,24,25,26,27,28,32). The highest BCUT2D eigenvalue weighted by Crippen LogP contribution is 2.16. The van der Waals surface area contributed by atoms with Gasteiger partial charge in [0.05, 0.1) is 6.10 Å². The summed E-state index contributed by atoms with van der Waals surface area (Å²) in [5, 5.41) is 7.00. The zero-order chi connectivity index (χ0) is 22.3. The minimum atomic E-state index is 0.205. The number of nitrogens with zero attached hydrogens (tertiary/aromatic N) is 5. The van der Waals surface area contributed by atoms with E-state index in [1.165, 1.54) is 5.69 Å². The van der Waals surface area contributed by atoms with Gasteiger partial charge in [-0.15, -0.1) is 0 Å². The maximum Gasteiger partial charge on any atom is 0.229 e. The molecule has 0 spiro atoms. The molecule has 0 bridgehead atoms. The van der Waals surface area contributed by atoms with E-state index in [0.717, 1.165) is 57.0 Å². The van der Waals surface area contributed by atoms with Gasteiger partial charge in [0.15, 0.2) is 5.11 Å².